The van der Waals surface area contributed by atoms with Crippen molar-refractivity contribution in [1.29, 1.82) is 0 Å². The monoisotopic (exact) mass is 471 g/mol. The van der Waals surface area contributed by atoms with E-state index in [2.05, 4.69) is 20.5 Å². The number of carbonyl (C=O) groups excluding carboxylic acids is 2. The van der Waals surface area contributed by atoms with Crippen LogP contribution < -0.4 is 14.8 Å². The van der Waals surface area contributed by atoms with Crippen LogP contribution >= 0.6 is 0 Å². The number of hydrogen-bond donors (Lipinski definition) is 2. The average molecular weight is 471 g/mol. The van der Waals surface area contributed by atoms with Crippen molar-refractivity contribution in [2.45, 2.75) is 24.8 Å². The van der Waals surface area contributed by atoms with Crippen molar-refractivity contribution >= 4 is 27.8 Å². The number of anilines is 1. The molecule has 3 aromatic rings. The molecule has 0 bridgehead atoms. The summed E-state index contributed by atoms with van der Waals surface area (Å²) in [6.45, 7) is 3.21. The number of methoxy groups -OCH3 is 2. The molecule has 0 aliphatic carbocycles. The Hall–Kier alpha value is -3.93. The molecule has 0 saturated carbocycles. The Morgan fingerprint density at radius 2 is 1.82 bits per heavy atom. The molecule has 12 heteroatoms. The number of hydrogen-bond acceptors (Lipinski definition) is 8. The molecule has 0 fully saturated rings. The molecule has 33 heavy (non-hydrogen) atoms. The molecule has 0 unspecified atom stereocenters. The Balaban J connectivity index is 1.59. The summed E-state index contributed by atoms with van der Waals surface area (Å²) < 4.78 is 36.9. The van der Waals surface area contributed by atoms with Crippen LogP contribution in [-0.4, -0.2) is 60.0 Å². The maximum atomic E-state index is 12.8. The quantitative estimate of drug-likeness (QED) is 0.557. The lowest BCUT2D eigenvalue weighted by Gasteiger charge is -2.18. The van der Waals surface area contributed by atoms with Crippen molar-refractivity contribution in [3.8, 4) is 22.9 Å². The van der Waals surface area contributed by atoms with Crippen LogP contribution in [0.25, 0.3) is 11.4 Å². The minimum absolute atomic E-state index is 0.0175. The first kappa shape index (κ1) is 22.3. The predicted molar refractivity (Wildman–Crippen MR) is 118 cm³/mol. The smallest absolute Gasteiger partial charge is 0.269 e. The van der Waals surface area contributed by atoms with Gasteiger partial charge in [0, 0.05) is 17.7 Å². The highest BCUT2D eigenvalue weighted by atomic mass is 32.2. The third-order valence-electron chi connectivity index (χ3n) is 5.05. The van der Waals surface area contributed by atoms with Gasteiger partial charge in [-0.1, -0.05) is 0 Å². The molecule has 172 valence electrons. The maximum Gasteiger partial charge on any atom is 0.269 e. The van der Waals surface area contributed by atoms with Gasteiger partial charge in [0.15, 0.2) is 5.82 Å². The molecule has 2 heterocycles. The second kappa shape index (κ2) is 8.20. The molecule has 1 aromatic heterocycles. The molecule has 1 aliphatic heterocycles. The number of ether oxygens (including phenoxy) is 2. The third-order valence-corrected chi connectivity index (χ3v) is 7.05. The highest BCUT2D eigenvalue weighted by Gasteiger charge is 2.43. The Morgan fingerprint density at radius 3 is 2.48 bits per heavy atom. The SMILES string of the molecule is COc1ccc(-c2nc(NC(=O)c3ccc4c(c3)S(=O)(=O)N(C(C)C)C4=O)n[nH]2)c(OC)c1. The predicted octanol–water partition coefficient (Wildman–Crippen LogP) is 2.29. The number of benzene rings is 2. The summed E-state index contributed by atoms with van der Waals surface area (Å²) >= 11 is 0. The first-order valence-electron chi connectivity index (χ1n) is 9.86. The zero-order valence-electron chi connectivity index (χ0n) is 18.2. The van der Waals surface area contributed by atoms with E-state index in [1.807, 2.05) is 0 Å². The van der Waals surface area contributed by atoms with Gasteiger partial charge in [-0.3, -0.25) is 20.0 Å². The van der Waals surface area contributed by atoms with Crippen molar-refractivity contribution in [2.24, 2.45) is 0 Å². The van der Waals surface area contributed by atoms with Crippen LogP contribution in [-0.2, 0) is 10.0 Å². The lowest BCUT2D eigenvalue weighted by atomic mass is 10.1. The number of sulfonamides is 1. The minimum atomic E-state index is -4.03. The van der Waals surface area contributed by atoms with Crippen LogP contribution in [0.1, 0.15) is 34.6 Å². The number of aromatic nitrogens is 3. The van der Waals surface area contributed by atoms with Gasteiger partial charge in [-0.2, -0.15) is 4.98 Å². The van der Waals surface area contributed by atoms with Gasteiger partial charge in [0.25, 0.3) is 21.8 Å². The first-order valence-corrected chi connectivity index (χ1v) is 11.3. The number of fused-ring (bicyclic) bond motifs is 1. The second-order valence-corrected chi connectivity index (χ2v) is 9.22. The zero-order chi connectivity index (χ0) is 23.9. The van der Waals surface area contributed by atoms with E-state index < -0.39 is 27.9 Å². The Bertz CT molecular complexity index is 1370. The zero-order valence-corrected chi connectivity index (χ0v) is 19.1. The van der Waals surface area contributed by atoms with Gasteiger partial charge < -0.3 is 9.47 Å². The van der Waals surface area contributed by atoms with Crippen molar-refractivity contribution in [3.63, 3.8) is 0 Å². The molecule has 0 spiro atoms. The van der Waals surface area contributed by atoms with Gasteiger partial charge in [-0.15, -0.1) is 5.10 Å². The lowest BCUT2D eigenvalue weighted by molar-refractivity contribution is 0.0846. The normalized spacial score (nSPS) is 14.3. The Labute approximate surface area is 189 Å². The molecular weight excluding hydrogens is 450 g/mol. The number of H-pyrrole nitrogens is 1. The number of rotatable bonds is 6. The fourth-order valence-electron chi connectivity index (χ4n) is 3.51. The van der Waals surface area contributed by atoms with Gasteiger partial charge in [-0.05, 0) is 44.2 Å². The first-order chi connectivity index (χ1) is 15.7. The summed E-state index contributed by atoms with van der Waals surface area (Å²) in [6.07, 6.45) is 0. The second-order valence-electron chi connectivity index (χ2n) is 7.44. The molecule has 1 aliphatic rings. The van der Waals surface area contributed by atoms with Crippen molar-refractivity contribution < 1.29 is 27.5 Å². The largest absolute Gasteiger partial charge is 0.497 e. The molecule has 2 aromatic carbocycles. The maximum absolute atomic E-state index is 12.8. The van der Waals surface area contributed by atoms with E-state index in [0.29, 0.717) is 22.9 Å². The molecule has 11 nitrogen and oxygen atoms in total. The number of carbonyl (C=O) groups is 2. The van der Waals surface area contributed by atoms with Crippen LogP contribution in [0.3, 0.4) is 0 Å². The Morgan fingerprint density at radius 1 is 1.09 bits per heavy atom. The number of nitrogens with one attached hydrogen (secondary N) is 2. The van der Waals surface area contributed by atoms with Gasteiger partial charge in [-0.25, -0.2) is 12.7 Å². The highest BCUT2D eigenvalue weighted by molar-refractivity contribution is 7.90. The van der Waals surface area contributed by atoms with Crippen molar-refractivity contribution in [2.75, 3.05) is 19.5 Å². The topological polar surface area (TPSA) is 144 Å². The fraction of sp³-hybridized carbons (Fsp3) is 0.238. The van der Waals surface area contributed by atoms with Gasteiger partial charge >= 0.3 is 0 Å². The van der Waals surface area contributed by atoms with Crippen LogP contribution in [0, 0.1) is 0 Å². The standard InChI is InChI=1S/C21H21N5O6S/c1-11(2)26-20(28)15-7-5-12(9-17(15)33(26,29)30)19(27)23-21-22-18(24-25-21)14-8-6-13(31-3)10-16(14)32-4/h5-11H,1-4H3,(H2,22,23,24,25,27). The summed E-state index contributed by atoms with van der Waals surface area (Å²) in [5.74, 6) is 0.182. The number of amides is 2. The van der Waals surface area contributed by atoms with E-state index >= 15 is 0 Å². The van der Waals surface area contributed by atoms with Crippen LogP contribution in [0.15, 0.2) is 41.3 Å². The van der Waals surface area contributed by atoms with Crippen molar-refractivity contribution in [1.82, 2.24) is 19.5 Å². The van der Waals surface area contributed by atoms with Crippen LogP contribution in [0.4, 0.5) is 5.95 Å². The van der Waals surface area contributed by atoms with Gasteiger partial charge in [0.2, 0.25) is 5.95 Å². The van der Waals surface area contributed by atoms with Crippen LogP contribution in [0.2, 0.25) is 0 Å². The molecule has 4 rings (SSSR count). The minimum Gasteiger partial charge on any atom is -0.497 e. The van der Waals surface area contributed by atoms with E-state index in [9.17, 15) is 18.0 Å². The average Bonchev–Trinajstić information content (AvgIpc) is 3.33. The highest BCUT2D eigenvalue weighted by Crippen LogP contribution is 2.33. The number of nitrogens with zero attached hydrogens (tertiary/aromatic N) is 3. The molecular formula is C21H21N5O6S. The third kappa shape index (κ3) is 3.78. The summed E-state index contributed by atoms with van der Waals surface area (Å²) in [6, 6.07) is 8.49. The molecule has 2 N–H and O–H groups in total. The summed E-state index contributed by atoms with van der Waals surface area (Å²) in [7, 11) is -0.984. The molecule has 0 saturated heterocycles. The van der Waals surface area contributed by atoms with E-state index in [-0.39, 0.29) is 22.0 Å². The van der Waals surface area contributed by atoms with Crippen LogP contribution in [0.5, 0.6) is 11.5 Å². The summed E-state index contributed by atoms with van der Waals surface area (Å²) in [5.41, 5.74) is 0.679. The van der Waals surface area contributed by atoms with E-state index in [4.69, 9.17) is 9.47 Å². The molecule has 2 amide bonds. The Kier molecular flexibility index (Phi) is 5.54. The van der Waals surface area contributed by atoms with Gasteiger partial charge in [0.05, 0.1) is 25.3 Å². The lowest BCUT2D eigenvalue weighted by Crippen LogP contribution is -2.36. The van der Waals surface area contributed by atoms with Gasteiger partial charge in [0.1, 0.15) is 16.4 Å². The van der Waals surface area contributed by atoms with Crippen molar-refractivity contribution in [3.05, 3.63) is 47.5 Å². The summed E-state index contributed by atoms with van der Waals surface area (Å²) in [5, 5.41) is 9.24. The number of aromatic amines is 1. The van der Waals surface area contributed by atoms with E-state index in [1.165, 1.54) is 32.4 Å². The summed E-state index contributed by atoms with van der Waals surface area (Å²) in [4.78, 5) is 29.3. The fourth-order valence-corrected chi connectivity index (χ4v) is 5.30. The molecule has 0 radical (unpaired) electrons. The van der Waals surface area contributed by atoms with E-state index in [1.54, 1.807) is 32.0 Å². The van der Waals surface area contributed by atoms with E-state index in [0.717, 1.165) is 4.31 Å². The molecule has 0 atom stereocenters.